The lowest BCUT2D eigenvalue weighted by Crippen LogP contribution is -2.47. The average Bonchev–Trinajstić information content (AvgIpc) is 2.86. The van der Waals surface area contributed by atoms with Crippen molar-refractivity contribution in [2.45, 2.75) is 19.8 Å². The van der Waals surface area contributed by atoms with Gasteiger partial charge < -0.3 is 19.9 Å². The fraction of sp³-hybridized carbons (Fsp3) is 0.320. The van der Waals surface area contributed by atoms with Crippen molar-refractivity contribution in [1.82, 2.24) is 9.97 Å². The highest BCUT2D eigenvalue weighted by Crippen LogP contribution is 2.19. The predicted octanol–water partition coefficient (Wildman–Crippen LogP) is 4.23. The van der Waals surface area contributed by atoms with Gasteiger partial charge in [-0.05, 0) is 42.8 Å². The van der Waals surface area contributed by atoms with Crippen molar-refractivity contribution in [2.24, 2.45) is 0 Å². The molecular weight excluding hydrogens is 402 g/mol. The number of aromatic nitrogens is 2. The number of hydrogen-bond donors (Lipinski definition) is 1. The Bertz CT molecular complexity index is 985. The number of rotatable bonds is 8. The number of ether oxygens (including phenoxy) is 1. The van der Waals surface area contributed by atoms with Crippen molar-refractivity contribution in [3.8, 4) is 5.75 Å². The molecule has 32 heavy (non-hydrogen) atoms. The minimum Gasteiger partial charge on any atom is -0.494 e. The number of anilines is 3. The molecule has 0 bridgehead atoms. The van der Waals surface area contributed by atoms with E-state index in [1.807, 2.05) is 18.2 Å². The molecule has 0 atom stereocenters. The Balaban J connectivity index is 1.29. The van der Waals surface area contributed by atoms with E-state index in [0.29, 0.717) is 23.8 Å². The van der Waals surface area contributed by atoms with Crippen LogP contribution >= 0.6 is 0 Å². The van der Waals surface area contributed by atoms with Crippen molar-refractivity contribution >= 4 is 23.2 Å². The van der Waals surface area contributed by atoms with Crippen molar-refractivity contribution in [1.29, 1.82) is 0 Å². The first-order valence-electron chi connectivity index (χ1n) is 11.1. The van der Waals surface area contributed by atoms with Gasteiger partial charge in [0.25, 0.3) is 5.91 Å². The number of para-hydroxylation sites is 1. The molecule has 1 aliphatic heterocycles. The third kappa shape index (κ3) is 5.55. The lowest BCUT2D eigenvalue weighted by molar-refractivity contribution is 0.102. The van der Waals surface area contributed by atoms with Crippen molar-refractivity contribution in [3.05, 3.63) is 72.6 Å². The summed E-state index contributed by atoms with van der Waals surface area (Å²) in [6, 6.07) is 17.6. The molecule has 0 aliphatic carbocycles. The standard InChI is InChI=1S/C25H29N5O2/c1-2-3-17-32-23-11-9-20(10-12-23)24(31)28-21-18-26-25(27-19-21)30-15-13-29(14-16-30)22-7-5-4-6-8-22/h4-12,18-19H,2-3,13-17H2,1H3,(H,28,31). The van der Waals surface area contributed by atoms with Crippen LogP contribution in [-0.2, 0) is 0 Å². The minimum atomic E-state index is -0.196. The first-order chi connectivity index (χ1) is 15.7. The third-order valence-corrected chi connectivity index (χ3v) is 5.46. The Morgan fingerprint density at radius 3 is 2.25 bits per heavy atom. The number of nitrogens with one attached hydrogen (secondary N) is 1. The molecular formula is C25H29N5O2. The Morgan fingerprint density at radius 2 is 1.59 bits per heavy atom. The zero-order valence-corrected chi connectivity index (χ0v) is 18.4. The van der Waals surface area contributed by atoms with E-state index < -0.39 is 0 Å². The number of piperazine rings is 1. The van der Waals surface area contributed by atoms with Gasteiger partial charge in [0.05, 0.1) is 24.7 Å². The summed E-state index contributed by atoms with van der Waals surface area (Å²) in [6.45, 7) is 6.36. The fourth-order valence-electron chi connectivity index (χ4n) is 3.59. The van der Waals surface area contributed by atoms with Crippen molar-refractivity contribution in [2.75, 3.05) is 47.9 Å². The molecule has 1 amide bonds. The summed E-state index contributed by atoms with van der Waals surface area (Å²) in [5.41, 5.74) is 2.38. The summed E-state index contributed by atoms with van der Waals surface area (Å²) in [7, 11) is 0. The second-order valence-corrected chi connectivity index (χ2v) is 7.76. The topological polar surface area (TPSA) is 70.6 Å². The molecule has 0 radical (unpaired) electrons. The number of unbranched alkanes of at least 4 members (excludes halogenated alkanes) is 1. The van der Waals surface area contributed by atoms with Crippen LogP contribution in [-0.4, -0.2) is 48.7 Å². The van der Waals surface area contributed by atoms with Gasteiger partial charge in [-0.3, -0.25) is 4.79 Å². The molecule has 166 valence electrons. The summed E-state index contributed by atoms with van der Waals surface area (Å²) in [6.07, 6.45) is 5.42. The van der Waals surface area contributed by atoms with E-state index in [2.05, 4.69) is 56.3 Å². The van der Waals surface area contributed by atoms with Crippen LogP contribution in [0.25, 0.3) is 0 Å². The lowest BCUT2D eigenvalue weighted by atomic mass is 10.2. The van der Waals surface area contributed by atoms with Gasteiger partial charge in [-0.1, -0.05) is 31.5 Å². The predicted molar refractivity (Wildman–Crippen MR) is 128 cm³/mol. The van der Waals surface area contributed by atoms with Crippen molar-refractivity contribution < 1.29 is 9.53 Å². The monoisotopic (exact) mass is 431 g/mol. The van der Waals surface area contributed by atoms with Gasteiger partial charge >= 0.3 is 0 Å². The highest BCUT2D eigenvalue weighted by molar-refractivity contribution is 6.04. The summed E-state index contributed by atoms with van der Waals surface area (Å²) in [5.74, 6) is 1.26. The minimum absolute atomic E-state index is 0.196. The van der Waals surface area contributed by atoms with Crippen LogP contribution in [0.4, 0.5) is 17.3 Å². The number of amides is 1. The Hall–Kier alpha value is -3.61. The number of nitrogens with zero attached hydrogens (tertiary/aromatic N) is 4. The van der Waals surface area contributed by atoms with E-state index in [1.54, 1.807) is 24.5 Å². The maximum atomic E-state index is 12.5. The van der Waals surface area contributed by atoms with Crippen LogP contribution in [0.15, 0.2) is 67.0 Å². The SMILES string of the molecule is CCCCOc1ccc(C(=O)Nc2cnc(N3CCN(c4ccccc4)CC3)nc2)cc1. The number of benzene rings is 2. The van der Waals surface area contributed by atoms with E-state index in [0.717, 1.165) is 44.8 Å². The number of hydrogen-bond acceptors (Lipinski definition) is 6. The highest BCUT2D eigenvalue weighted by Gasteiger charge is 2.19. The molecule has 1 aliphatic rings. The first-order valence-corrected chi connectivity index (χ1v) is 11.1. The van der Waals surface area contributed by atoms with Gasteiger partial charge in [-0.15, -0.1) is 0 Å². The van der Waals surface area contributed by atoms with E-state index in [-0.39, 0.29) is 5.91 Å². The maximum absolute atomic E-state index is 12.5. The van der Waals surface area contributed by atoms with Gasteiger partial charge in [-0.25, -0.2) is 9.97 Å². The number of carbonyl (C=O) groups excluding carboxylic acids is 1. The molecule has 1 saturated heterocycles. The smallest absolute Gasteiger partial charge is 0.255 e. The molecule has 1 aromatic heterocycles. The van der Waals surface area contributed by atoms with Gasteiger partial charge in [-0.2, -0.15) is 0 Å². The van der Waals surface area contributed by atoms with Crippen LogP contribution in [0, 0.1) is 0 Å². The Labute approximate surface area is 189 Å². The molecule has 7 nitrogen and oxygen atoms in total. The van der Waals surface area contributed by atoms with E-state index in [1.165, 1.54) is 5.69 Å². The maximum Gasteiger partial charge on any atom is 0.255 e. The summed E-state index contributed by atoms with van der Waals surface area (Å²) < 4.78 is 5.64. The molecule has 3 aromatic rings. The molecule has 7 heteroatoms. The van der Waals surface area contributed by atoms with Crippen molar-refractivity contribution in [3.63, 3.8) is 0 Å². The summed E-state index contributed by atoms with van der Waals surface area (Å²) in [5, 5.41) is 2.86. The van der Waals surface area contributed by atoms with E-state index >= 15 is 0 Å². The quantitative estimate of drug-likeness (QED) is 0.538. The lowest BCUT2D eigenvalue weighted by Gasteiger charge is -2.36. The molecule has 0 spiro atoms. The van der Waals surface area contributed by atoms with Crippen LogP contribution in [0.1, 0.15) is 30.1 Å². The van der Waals surface area contributed by atoms with Gasteiger partial charge in [0.1, 0.15) is 5.75 Å². The molecule has 2 heterocycles. The zero-order chi connectivity index (χ0) is 22.2. The molecule has 2 aromatic carbocycles. The number of carbonyl (C=O) groups is 1. The normalized spacial score (nSPS) is 13.7. The molecule has 1 fully saturated rings. The third-order valence-electron chi connectivity index (χ3n) is 5.46. The van der Waals surface area contributed by atoms with E-state index in [9.17, 15) is 4.79 Å². The van der Waals surface area contributed by atoms with Gasteiger partial charge in [0.15, 0.2) is 0 Å². The van der Waals surface area contributed by atoms with Crippen LogP contribution < -0.4 is 19.9 Å². The summed E-state index contributed by atoms with van der Waals surface area (Å²) >= 11 is 0. The fourth-order valence-corrected chi connectivity index (χ4v) is 3.59. The van der Waals surface area contributed by atoms with Crippen LogP contribution in [0.2, 0.25) is 0 Å². The molecule has 0 unspecified atom stereocenters. The molecule has 4 rings (SSSR count). The molecule has 1 N–H and O–H groups in total. The first kappa shape index (κ1) is 21.6. The highest BCUT2D eigenvalue weighted by atomic mass is 16.5. The Morgan fingerprint density at radius 1 is 0.938 bits per heavy atom. The zero-order valence-electron chi connectivity index (χ0n) is 18.4. The second kappa shape index (κ2) is 10.6. The van der Waals surface area contributed by atoms with Crippen LogP contribution in [0.5, 0.6) is 5.75 Å². The average molecular weight is 432 g/mol. The van der Waals surface area contributed by atoms with Gasteiger partial charge in [0.2, 0.25) is 5.95 Å². The largest absolute Gasteiger partial charge is 0.494 e. The van der Waals surface area contributed by atoms with Crippen LogP contribution in [0.3, 0.4) is 0 Å². The summed E-state index contributed by atoms with van der Waals surface area (Å²) in [4.78, 5) is 26.0. The molecule has 0 saturated carbocycles. The van der Waals surface area contributed by atoms with E-state index in [4.69, 9.17) is 4.74 Å². The Kier molecular flexibility index (Phi) is 7.17. The van der Waals surface area contributed by atoms with Gasteiger partial charge in [0, 0.05) is 37.4 Å². The second-order valence-electron chi connectivity index (χ2n) is 7.76.